The number of methoxy groups -OCH3 is 1. The summed E-state index contributed by atoms with van der Waals surface area (Å²) in [6.45, 7) is 0.465. The average Bonchev–Trinajstić information content (AvgIpc) is 2.80. The van der Waals surface area contributed by atoms with E-state index in [2.05, 4.69) is 5.32 Å². The van der Waals surface area contributed by atoms with Gasteiger partial charge >= 0.3 is 0 Å². The van der Waals surface area contributed by atoms with E-state index in [-0.39, 0.29) is 16.9 Å². The first-order valence-corrected chi connectivity index (χ1v) is 12.1. The maximum absolute atomic E-state index is 13.6. The van der Waals surface area contributed by atoms with Crippen molar-refractivity contribution in [3.8, 4) is 5.75 Å². The number of aromatic nitrogens is 1. The minimum Gasteiger partial charge on any atom is -0.497 e. The highest BCUT2D eigenvalue weighted by Gasteiger charge is 2.54. The highest BCUT2D eigenvalue weighted by Crippen LogP contribution is 2.60. The maximum Gasteiger partial charge on any atom is 0.251 e. The van der Waals surface area contributed by atoms with E-state index in [1.807, 2.05) is 48.5 Å². The SMILES string of the molecule is COc1ccc(Cn2c(=O)ccc3c(NC(=O)C45CC6CC(CC(C6)C4)C5)cccc32)cc1. The summed E-state index contributed by atoms with van der Waals surface area (Å²) in [5, 5.41) is 4.20. The molecule has 5 heteroatoms. The highest BCUT2D eigenvalue weighted by atomic mass is 16.5. The minimum absolute atomic E-state index is 0.0529. The standard InChI is InChI=1S/C28H30N2O3/c1-33-22-7-5-18(6-8-22)17-30-25-4-2-3-24(23(25)9-10-26(30)31)29-27(32)28-14-19-11-20(15-28)13-21(12-19)16-28/h2-10,19-21H,11-17H2,1H3,(H,29,32). The van der Waals surface area contributed by atoms with Crippen LogP contribution in [0.1, 0.15) is 44.1 Å². The molecule has 0 spiro atoms. The molecule has 0 aliphatic heterocycles. The molecule has 0 radical (unpaired) electrons. The second kappa shape index (κ2) is 7.75. The lowest BCUT2D eigenvalue weighted by molar-refractivity contribution is -0.140. The Morgan fingerprint density at radius 1 is 0.970 bits per heavy atom. The highest BCUT2D eigenvalue weighted by molar-refractivity contribution is 6.03. The van der Waals surface area contributed by atoms with Gasteiger partial charge in [-0.2, -0.15) is 0 Å². The molecular formula is C28H30N2O3. The molecule has 4 fully saturated rings. The molecule has 5 nitrogen and oxygen atoms in total. The monoisotopic (exact) mass is 442 g/mol. The third kappa shape index (κ3) is 3.54. The van der Waals surface area contributed by atoms with Gasteiger partial charge in [-0.25, -0.2) is 0 Å². The molecule has 4 saturated carbocycles. The number of rotatable bonds is 5. The molecule has 0 saturated heterocycles. The minimum atomic E-state index is -0.200. The zero-order valence-electron chi connectivity index (χ0n) is 19.0. The normalized spacial score (nSPS) is 27.6. The summed E-state index contributed by atoms with van der Waals surface area (Å²) in [5.74, 6) is 3.15. The van der Waals surface area contributed by atoms with E-state index >= 15 is 0 Å². The first-order valence-electron chi connectivity index (χ1n) is 12.1. The van der Waals surface area contributed by atoms with Gasteiger partial charge in [0.15, 0.2) is 0 Å². The van der Waals surface area contributed by atoms with Crippen LogP contribution in [0.25, 0.3) is 10.9 Å². The molecule has 3 aromatic rings. The first-order chi connectivity index (χ1) is 16.0. The number of nitrogens with zero attached hydrogens (tertiary/aromatic N) is 1. The molecule has 7 rings (SSSR count). The Bertz CT molecular complexity index is 1240. The number of carbonyl (C=O) groups excluding carboxylic acids is 1. The molecule has 2 aromatic carbocycles. The van der Waals surface area contributed by atoms with Crippen LogP contribution in [0.4, 0.5) is 5.69 Å². The van der Waals surface area contributed by atoms with Gasteiger partial charge in [-0.3, -0.25) is 9.59 Å². The van der Waals surface area contributed by atoms with Crippen molar-refractivity contribution < 1.29 is 9.53 Å². The Balaban J connectivity index is 1.32. The molecule has 1 N–H and O–H groups in total. The molecule has 0 atom stereocenters. The number of nitrogens with one attached hydrogen (secondary N) is 1. The van der Waals surface area contributed by atoms with Crippen molar-refractivity contribution in [2.75, 3.05) is 12.4 Å². The number of amides is 1. The molecule has 0 unspecified atom stereocenters. The van der Waals surface area contributed by atoms with Crippen molar-refractivity contribution in [1.29, 1.82) is 0 Å². The number of carbonyl (C=O) groups is 1. The Morgan fingerprint density at radius 3 is 2.27 bits per heavy atom. The quantitative estimate of drug-likeness (QED) is 0.590. The maximum atomic E-state index is 13.6. The third-order valence-corrected chi connectivity index (χ3v) is 8.30. The van der Waals surface area contributed by atoms with Crippen LogP contribution in [0, 0.1) is 23.2 Å². The molecular weight excluding hydrogens is 412 g/mol. The van der Waals surface area contributed by atoms with Crippen LogP contribution >= 0.6 is 0 Å². The van der Waals surface area contributed by atoms with E-state index in [1.165, 1.54) is 19.3 Å². The zero-order chi connectivity index (χ0) is 22.6. The third-order valence-electron chi connectivity index (χ3n) is 8.30. The Kier molecular flexibility index (Phi) is 4.82. The summed E-state index contributed by atoms with van der Waals surface area (Å²) in [7, 11) is 1.64. The van der Waals surface area contributed by atoms with Crippen LogP contribution in [0.3, 0.4) is 0 Å². The van der Waals surface area contributed by atoms with Crippen LogP contribution in [0.2, 0.25) is 0 Å². The number of pyridine rings is 1. The Hall–Kier alpha value is -3.08. The molecule has 4 aliphatic rings. The summed E-state index contributed by atoms with van der Waals surface area (Å²) in [4.78, 5) is 26.4. The van der Waals surface area contributed by atoms with E-state index in [1.54, 1.807) is 17.7 Å². The van der Waals surface area contributed by atoms with Gasteiger partial charge in [0, 0.05) is 11.5 Å². The number of ether oxygens (including phenoxy) is 1. The molecule has 1 heterocycles. The van der Waals surface area contributed by atoms with Crippen molar-refractivity contribution in [2.24, 2.45) is 23.2 Å². The molecule has 1 amide bonds. The lowest BCUT2D eigenvalue weighted by Crippen LogP contribution is -2.51. The van der Waals surface area contributed by atoms with Crippen molar-refractivity contribution >= 4 is 22.5 Å². The van der Waals surface area contributed by atoms with Gasteiger partial charge in [0.1, 0.15) is 5.75 Å². The second-order valence-corrected chi connectivity index (χ2v) is 10.5. The summed E-state index contributed by atoms with van der Waals surface area (Å²) < 4.78 is 7.02. The van der Waals surface area contributed by atoms with Crippen molar-refractivity contribution in [3.63, 3.8) is 0 Å². The lowest BCUT2D eigenvalue weighted by atomic mass is 9.49. The first kappa shape index (κ1) is 20.5. The van der Waals surface area contributed by atoms with Gasteiger partial charge in [-0.1, -0.05) is 18.2 Å². The Labute approximate surface area is 193 Å². The van der Waals surface area contributed by atoms with Gasteiger partial charge in [-0.15, -0.1) is 0 Å². The predicted molar refractivity (Wildman–Crippen MR) is 130 cm³/mol. The smallest absolute Gasteiger partial charge is 0.251 e. The summed E-state index contributed by atoms with van der Waals surface area (Å²) >= 11 is 0. The van der Waals surface area contributed by atoms with Gasteiger partial charge in [0.05, 0.1) is 30.3 Å². The Morgan fingerprint density at radius 2 is 1.64 bits per heavy atom. The molecule has 170 valence electrons. The molecule has 4 aliphatic carbocycles. The fraction of sp³-hybridized carbons (Fsp3) is 0.429. The van der Waals surface area contributed by atoms with E-state index < -0.39 is 0 Å². The molecule has 33 heavy (non-hydrogen) atoms. The van der Waals surface area contributed by atoms with Crippen LogP contribution in [0.15, 0.2) is 59.4 Å². The fourth-order valence-electron chi connectivity index (χ4n) is 7.16. The van der Waals surface area contributed by atoms with E-state index in [0.717, 1.165) is 64.9 Å². The number of benzene rings is 2. The van der Waals surface area contributed by atoms with E-state index in [9.17, 15) is 9.59 Å². The summed E-state index contributed by atoms with van der Waals surface area (Å²) in [6, 6.07) is 17.1. The van der Waals surface area contributed by atoms with Gasteiger partial charge in [-0.05, 0) is 92.2 Å². The largest absolute Gasteiger partial charge is 0.497 e. The van der Waals surface area contributed by atoms with Crippen LogP contribution in [-0.4, -0.2) is 17.6 Å². The van der Waals surface area contributed by atoms with Crippen LogP contribution in [-0.2, 0) is 11.3 Å². The van der Waals surface area contributed by atoms with Gasteiger partial charge < -0.3 is 14.6 Å². The predicted octanol–water partition coefficient (Wildman–Crippen LogP) is 5.21. The van der Waals surface area contributed by atoms with Crippen molar-refractivity contribution in [3.05, 3.63) is 70.5 Å². The van der Waals surface area contributed by atoms with Gasteiger partial charge in [0.2, 0.25) is 5.91 Å². The van der Waals surface area contributed by atoms with Crippen LogP contribution < -0.4 is 15.6 Å². The zero-order valence-corrected chi connectivity index (χ0v) is 19.0. The van der Waals surface area contributed by atoms with Gasteiger partial charge in [0.25, 0.3) is 5.56 Å². The number of hydrogen-bond donors (Lipinski definition) is 1. The van der Waals surface area contributed by atoms with Crippen molar-refractivity contribution in [2.45, 2.75) is 45.1 Å². The summed E-state index contributed by atoms with van der Waals surface area (Å²) in [6.07, 6.45) is 7.07. The van der Waals surface area contributed by atoms with E-state index in [0.29, 0.717) is 6.54 Å². The van der Waals surface area contributed by atoms with Crippen LogP contribution in [0.5, 0.6) is 5.75 Å². The number of hydrogen-bond acceptors (Lipinski definition) is 3. The van der Waals surface area contributed by atoms with Crippen molar-refractivity contribution in [1.82, 2.24) is 4.57 Å². The number of fused-ring (bicyclic) bond motifs is 1. The topological polar surface area (TPSA) is 60.3 Å². The second-order valence-electron chi connectivity index (χ2n) is 10.5. The lowest BCUT2D eigenvalue weighted by Gasteiger charge is -2.55. The average molecular weight is 443 g/mol. The summed E-state index contributed by atoms with van der Waals surface area (Å²) in [5.41, 5.74) is 2.41. The molecule has 1 aromatic heterocycles. The number of anilines is 1. The molecule has 4 bridgehead atoms. The fourth-order valence-corrected chi connectivity index (χ4v) is 7.16. The van der Waals surface area contributed by atoms with E-state index in [4.69, 9.17) is 4.74 Å².